The third-order valence-electron chi connectivity index (χ3n) is 2.66. The average molecular weight is 279 g/mol. The highest BCUT2D eigenvalue weighted by Gasteiger charge is 2.18. The Morgan fingerprint density at radius 3 is 2.95 bits per heavy atom. The Hall–Kier alpha value is -2.61. The number of aliphatic hydroxyl groups is 1. The van der Waals surface area contributed by atoms with Gasteiger partial charge in [-0.1, -0.05) is 0 Å². The van der Waals surface area contributed by atoms with E-state index in [2.05, 4.69) is 10.6 Å². The lowest BCUT2D eigenvalue weighted by atomic mass is 10.1. The second-order valence-corrected chi connectivity index (χ2v) is 4.18. The van der Waals surface area contributed by atoms with E-state index in [1.807, 2.05) is 0 Å². The number of rotatable bonds is 4. The lowest BCUT2D eigenvalue weighted by Gasteiger charge is -2.18. The predicted octanol–water partition coefficient (Wildman–Crippen LogP) is -1.41. The quantitative estimate of drug-likeness (QED) is 0.538. The Morgan fingerprint density at radius 2 is 2.25 bits per heavy atom. The van der Waals surface area contributed by atoms with E-state index < -0.39 is 17.9 Å². The number of primary amides is 1. The summed E-state index contributed by atoms with van der Waals surface area (Å²) in [5.41, 5.74) is 5.51. The molecule has 0 spiro atoms. The number of nitrogens with two attached hydrogens (primary N) is 1. The van der Waals surface area contributed by atoms with Gasteiger partial charge in [0.2, 0.25) is 5.91 Å². The topological polar surface area (TPSA) is 131 Å². The highest BCUT2D eigenvalue weighted by molar-refractivity contribution is 6.00. The van der Waals surface area contributed by atoms with Gasteiger partial charge in [0, 0.05) is 5.56 Å². The number of hydrogen-bond donors (Lipinski definition) is 4. The molecule has 106 valence electrons. The number of carbonyl (C=O) groups excluding carboxylic acids is 3. The first-order valence-corrected chi connectivity index (χ1v) is 5.79. The van der Waals surface area contributed by atoms with Crippen LogP contribution in [0.3, 0.4) is 0 Å². The van der Waals surface area contributed by atoms with Crippen molar-refractivity contribution in [3.63, 3.8) is 0 Å². The standard InChI is InChI=1S/C12H13N3O5/c13-11(18)8(16)4-14-12(19)6-1-2-9-7(3-6)15-10(17)5-20-9/h1-3,8,16H,4-5H2,(H2,13,18)(H,14,19)(H,15,17). The van der Waals surface area contributed by atoms with Crippen LogP contribution >= 0.6 is 0 Å². The monoisotopic (exact) mass is 279 g/mol. The van der Waals surface area contributed by atoms with Crippen LogP contribution in [0.1, 0.15) is 10.4 Å². The van der Waals surface area contributed by atoms with Gasteiger partial charge in [-0.15, -0.1) is 0 Å². The number of hydrogen-bond acceptors (Lipinski definition) is 5. The third kappa shape index (κ3) is 3.04. The largest absolute Gasteiger partial charge is 0.482 e. The van der Waals surface area contributed by atoms with Crippen LogP contribution < -0.4 is 21.1 Å². The summed E-state index contributed by atoms with van der Waals surface area (Å²) in [4.78, 5) is 33.6. The molecule has 3 amide bonds. The molecule has 0 saturated heterocycles. The second kappa shape index (κ2) is 5.57. The zero-order chi connectivity index (χ0) is 14.7. The first kappa shape index (κ1) is 13.8. The van der Waals surface area contributed by atoms with Crippen molar-refractivity contribution >= 4 is 23.4 Å². The maximum atomic E-state index is 11.8. The molecule has 0 radical (unpaired) electrons. The van der Waals surface area contributed by atoms with Crippen molar-refractivity contribution in [2.45, 2.75) is 6.10 Å². The molecule has 0 bridgehead atoms. The molecule has 1 aliphatic heterocycles. The molecule has 8 heteroatoms. The Labute approximate surface area is 113 Å². The van der Waals surface area contributed by atoms with Crippen LogP contribution in [-0.4, -0.2) is 42.1 Å². The normalized spacial score (nSPS) is 14.6. The van der Waals surface area contributed by atoms with Crippen LogP contribution in [0.2, 0.25) is 0 Å². The van der Waals surface area contributed by atoms with Crippen molar-refractivity contribution in [2.75, 3.05) is 18.5 Å². The van der Waals surface area contributed by atoms with E-state index >= 15 is 0 Å². The maximum absolute atomic E-state index is 11.8. The fourth-order valence-electron chi connectivity index (χ4n) is 1.62. The van der Waals surface area contributed by atoms with Gasteiger partial charge < -0.3 is 26.2 Å². The van der Waals surface area contributed by atoms with Gasteiger partial charge >= 0.3 is 0 Å². The fraction of sp³-hybridized carbons (Fsp3) is 0.250. The molecule has 2 rings (SSSR count). The van der Waals surface area contributed by atoms with E-state index in [1.165, 1.54) is 12.1 Å². The molecule has 0 saturated carbocycles. The summed E-state index contributed by atoms with van der Waals surface area (Å²) >= 11 is 0. The van der Waals surface area contributed by atoms with Gasteiger partial charge in [-0.05, 0) is 18.2 Å². The van der Waals surface area contributed by atoms with Crippen molar-refractivity contribution in [2.24, 2.45) is 5.73 Å². The molecule has 0 aromatic heterocycles. The second-order valence-electron chi connectivity index (χ2n) is 4.18. The molecule has 1 aromatic carbocycles. The Morgan fingerprint density at radius 1 is 1.50 bits per heavy atom. The highest BCUT2D eigenvalue weighted by atomic mass is 16.5. The van der Waals surface area contributed by atoms with Gasteiger partial charge in [-0.3, -0.25) is 14.4 Å². The molecule has 1 unspecified atom stereocenters. The van der Waals surface area contributed by atoms with Crippen molar-refractivity contribution in [3.05, 3.63) is 23.8 Å². The number of benzene rings is 1. The molecule has 20 heavy (non-hydrogen) atoms. The molecule has 8 nitrogen and oxygen atoms in total. The number of ether oxygens (including phenoxy) is 1. The van der Waals surface area contributed by atoms with Crippen molar-refractivity contribution in [1.82, 2.24) is 5.32 Å². The summed E-state index contributed by atoms with van der Waals surface area (Å²) in [6, 6.07) is 4.49. The summed E-state index contributed by atoms with van der Waals surface area (Å²) < 4.78 is 5.16. The van der Waals surface area contributed by atoms with E-state index in [1.54, 1.807) is 6.07 Å². The summed E-state index contributed by atoms with van der Waals surface area (Å²) in [6.07, 6.45) is -1.44. The van der Waals surface area contributed by atoms with E-state index in [0.29, 0.717) is 11.4 Å². The van der Waals surface area contributed by atoms with Crippen LogP contribution in [-0.2, 0) is 9.59 Å². The zero-order valence-electron chi connectivity index (χ0n) is 10.4. The summed E-state index contributed by atoms with van der Waals surface area (Å²) in [7, 11) is 0. The number of fused-ring (bicyclic) bond motifs is 1. The first-order valence-electron chi connectivity index (χ1n) is 5.79. The van der Waals surface area contributed by atoms with Crippen LogP contribution in [0.5, 0.6) is 5.75 Å². The van der Waals surface area contributed by atoms with Crippen LogP contribution in [0, 0.1) is 0 Å². The van der Waals surface area contributed by atoms with Gasteiger partial charge in [0.25, 0.3) is 11.8 Å². The van der Waals surface area contributed by atoms with Crippen LogP contribution in [0.4, 0.5) is 5.69 Å². The Bertz CT molecular complexity index is 572. The van der Waals surface area contributed by atoms with E-state index in [-0.39, 0.29) is 24.6 Å². The van der Waals surface area contributed by atoms with Gasteiger partial charge in [0.1, 0.15) is 11.9 Å². The first-order chi connectivity index (χ1) is 9.47. The van der Waals surface area contributed by atoms with Gasteiger partial charge in [0.05, 0.1) is 12.2 Å². The van der Waals surface area contributed by atoms with Gasteiger partial charge in [-0.25, -0.2) is 0 Å². The lowest BCUT2D eigenvalue weighted by molar-refractivity contribution is -0.125. The van der Waals surface area contributed by atoms with Gasteiger partial charge in [-0.2, -0.15) is 0 Å². The SMILES string of the molecule is NC(=O)C(O)CNC(=O)c1ccc2c(c1)NC(=O)CO2. The number of nitrogens with one attached hydrogen (secondary N) is 2. The number of amides is 3. The summed E-state index contributed by atoms with van der Waals surface area (Å²) in [6.45, 7) is -0.350. The third-order valence-corrected chi connectivity index (χ3v) is 2.66. The molecular weight excluding hydrogens is 266 g/mol. The van der Waals surface area contributed by atoms with E-state index in [4.69, 9.17) is 10.5 Å². The van der Waals surface area contributed by atoms with E-state index in [0.717, 1.165) is 0 Å². The summed E-state index contributed by atoms with van der Waals surface area (Å²) in [5.74, 6) is -1.26. The zero-order valence-corrected chi connectivity index (χ0v) is 10.4. The van der Waals surface area contributed by atoms with Crippen LogP contribution in [0.15, 0.2) is 18.2 Å². The Balaban J connectivity index is 2.05. The average Bonchev–Trinajstić information content (AvgIpc) is 2.43. The van der Waals surface area contributed by atoms with Gasteiger partial charge in [0.15, 0.2) is 6.61 Å². The minimum absolute atomic E-state index is 0.0661. The summed E-state index contributed by atoms with van der Waals surface area (Å²) in [5, 5.41) is 14.1. The molecule has 1 aliphatic rings. The van der Waals surface area contributed by atoms with E-state index in [9.17, 15) is 19.5 Å². The number of carbonyl (C=O) groups is 3. The molecule has 0 fully saturated rings. The molecule has 1 atom stereocenters. The minimum atomic E-state index is -1.44. The predicted molar refractivity (Wildman–Crippen MR) is 68.1 cm³/mol. The molecular formula is C12H13N3O5. The lowest BCUT2D eigenvalue weighted by Crippen LogP contribution is -2.40. The molecule has 1 aromatic rings. The Kier molecular flexibility index (Phi) is 3.85. The minimum Gasteiger partial charge on any atom is -0.482 e. The molecule has 5 N–H and O–H groups in total. The maximum Gasteiger partial charge on any atom is 0.262 e. The smallest absolute Gasteiger partial charge is 0.262 e. The van der Waals surface area contributed by atoms with Crippen molar-refractivity contribution in [3.8, 4) is 5.75 Å². The molecule has 1 heterocycles. The highest BCUT2D eigenvalue weighted by Crippen LogP contribution is 2.28. The fourth-order valence-corrected chi connectivity index (χ4v) is 1.62. The number of aliphatic hydroxyl groups excluding tert-OH is 1. The molecule has 0 aliphatic carbocycles. The number of anilines is 1. The van der Waals surface area contributed by atoms with Crippen LogP contribution in [0.25, 0.3) is 0 Å². The van der Waals surface area contributed by atoms with Crippen molar-refractivity contribution < 1.29 is 24.2 Å². The van der Waals surface area contributed by atoms with Crippen molar-refractivity contribution in [1.29, 1.82) is 0 Å².